The average molecular weight is 349 g/mol. The van der Waals surface area contributed by atoms with Crippen LogP contribution in [0, 0.1) is 5.82 Å². The number of halogens is 1. The van der Waals surface area contributed by atoms with Crippen LogP contribution in [0.2, 0.25) is 0 Å². The Morgan fingerprint density at radius 2 is 1.81 bits per heavy atom. The van der Waals surface area contributed by atoms with Crippen molar-refractivity contribution in [2.45, 2.75) is 13.0 Å². The quantitative estimate of drug-likeness (QED) is 0.783. The summed E-state index contributed by atoms with van der Waals surface area (Å²) in [6.45, 7) is 1.27. The summed E-state index contributed by atoms with van der Waals surface area (Å²) in [5.41, 5.74) is 3.14. The normalized spacial score (nSPS) is 13.3. The number of benzene rings is 2. The van der Waals surface area contributed by atoms with Gasteiger partial charge in [0.15, 0.2) is 5.82 Å². The van der Waals surface area contributed by atoms with Gasteiger partial charge in [-0.15, -0.1) is 0 Å². The molecule has 0 radical (unpaired) electrons. The van der Waals surface area contributed by atoms with Crippen LogP contribution in [0.4, 0.5) is 10.2 Å². The summed E-state index contributed by atoms with van der Waals surface area (Å²) in [6.07, 6.45) is 2.15. The molecule has 5 nitrogen and oxygen atoms in total. The highest BCUT2D eigenvalue weighted by Gasteiger charge is 2.23. The van der Waals surface area contributed by atoms with E-state index in [1.165, 1.54) is 23.9 Å². The molecule has 0 saturated carbocycles. The zero-order chi connectivity index (χ0) is 18.1. The molecular weight excluding hydrogens is 333 g/mol. The van der Waals surface area contributed by atoms with E-state index in [1.807, 2.05) is 23.1 Å². The maximum absolute atomic E-state index is 13.2. The fourth-order valence-electron chi connectivity index (χ4n) is 3.18. The lowest BCUT2D eigenvalue weighted by Gasteiger charge is -2.30. The Kier molecular flexibility index (Phi) is 4.08. The average Bonchev–Trinajstić information content (AvgIpc) is 2.67. The van der Waals surface area contributed by atoms with Crippen molar-refractivity contribution in [1.29, 1.82) is 0 Å². The Labute approximate surface area is 149 Å². The third kappa shape index (κ3) is 3.01. The van der Waals surface area contributed by atoms with Crippen LogP contribution >= 0.6 is 0 Å². The van der Waals surface area contributed by atoms with E-state index >= 15 is 0 Å². The van der Waals surface area contributed by atoms with Crippen LogP contribution in [0.3, 0.4) is 0 Å². The number of carboxylic acids is 1. The molecule has 2 heterocycles. The Morgan fingerprint density at radius 3 is 2.54 bits per heavy atom. The molecule has 0 unspecified atom stereocenters. The van der Waals surface area contributed by atoms with E-state index in [4.69, 9.17) is 0 Å². The zero-order valence-corrected chi connectivity index (χ0v) is 13.9. The fraction of sp³-hybridized carbons (Fsp3) is 0.150. The summed E-state index contributed by atoms with van der Waals surface area (Å²) in [5.74, 6) is -0.640. The van der Waals surface area contributed by atoms with Gasteiger partial charge < -0.3 is 10.0 Å². The van der Waals surface area contributed by atoms with Crippen molar-refractivity contribution in [3.63, 3.8) is 0 Å². The maximum Gasteiger partial charge on any atom is 0.341 e. The first-order valence-corrected chi connectivity index (χ1v) is 8.30. The molecule has 1 aromatic heterocycles. The molecule has 0 fully saturated rings. The van der Waals surface area contributed by atoms with Gasteiger partial charge >= 0.3 is 5.97 Å². The second-order valence-electron chi connectivity index (χ2n) is 6.18. The largest absolute Gasteiger partial charge is 0.477 e. The first-order chi connectivity index (χ1) is 12.6. The number of carbonyl (C=O) groups is 1. The smallest absolute Gasteiger partial charge is 0.341 e. The van der Waals surface area contributed by atoms with E-state index in [9.17, 15) is 14.3 Å². The molecule has 0 saturated heterocycles. The van der Waals surface area contributed by atoms with Crippen LogP contribution in [0.25, 0.3) is 11.4 Å². The number of nitrogens with zero attached hydrogens (tertiary/aromatic N) is 3. The van der Waals surface area contributed by atoms with Crippen LogP contribution in [-0.2, 0) is 13.0 Å². The highest BCUT2D eigenvalue weighted by molar-refractivity contribution is 5.93. The van der Waals surface area contributed by atoms with Crippen LogP contribution < -0.4 is 4.90 Å². The van der Waals surface area contributed by atoms with Crippen molar-refractivity contribution in [2.75, 3.05) is 11.4 Å². The molecular formula is C20H16FN3O2. The van der Waals surface area contributed by atoms with Gasteiger partial charge in [0, 0.05) is 24.8 Å². The molecule has 0 atom stereocenters. The van der Waals surface area contributed by atoms with E-state index in [0.29, 0.717) is 30.3 Å². The molecule has 0 amide bonds. The number of hydrogen-bond acceptors (Lipinski definition) is 4. The van der Waals surface area contributed by atoms with Crippen molar-refractivity contribution < 1.29 is 14.3 Å². The number of aromatic nitrogens is 2. The molecule has 0 bridgehead atoms. The van der Waals surface area contributed by atoms with E-state index in [1.54, 1.807) is 12.1 Å². The lowest BCUT2D eigenvalue weighted by Crippen LogP contribution is -2.32. The third-order valence-electron chi connectivity index (χ3n) is 4.53. The SMILES string of the molecule is O=C(O)c1cnc(-c2ccc(F)cc2)nc1N1CCc2ccccc2C1. The van der Waals surface area contributed by atoms with E-state index in [0.717, 1.165) is 12.0 Å². The minimum Gasteiger partial charge on any atom is -0.477 e. The summed E-state index contributed by atoms with van der Waals surface area (Å²) < 4.78 is 13.2. The molecule has 3 aromatic rings. The van der Waals surface area contributed by atoms with Crippen molar-refractivity contribution in [3.05, 3.63) is 77.2 Å². The van der Waals surface area contributed by atoms with Crippen LogP contribution in [-0.4, -0.2) is 27.6 Å². The lowest BCUT2D eigenvalue weighted by atomic mass is 9.99. The molecule has 26 heavy (non-hydrogen) atoms. The summed E-state index contributed by atoms with van der Waals surface area (Å²) >= 11 is 0. The van der Waals surface area contributed by atoms with Crippen molar-refractivity contribution in [1.82, 2.24) is 9.97 Å². The Balaban J connectivity index is 1.75. The number of hydrogen-bond donors (Lipinski definition) is 1. The third-order valence-corrected chi connectivity index (χ3v) is 4.53. The highest BCUT2D eigenvalue weighted by atomic mass is 19.1. The number of fused-ring (bicyclic) bond motifs is 1. The van der Waals surface area contributed by atoms with Gasteiger partial charge in [-0.1, -0.05) is 24.3 Å². The molecule has 130 valence electrons. The summed E-state index contributed by atoms with van der Waals surface area (Å²) in [5, 5.41) is 9.53. The number of rotatable bonds is 3. The monoisotopic (exact) mass is 349 g/mol. The molecule has 6 heteroatoms. The minimum absolute atomic E-state index is 0.0650. The maximum atomic E-state index is 13.2. The van der Waals surface area contributed by atoms with Gasteiger partial charge in [-0.25, -0.2) is 19.2 Å². The van der Waals surface area contributed by atoms with Gasteiger partial charge in [0.05, 0.1) is 0 Å². The number of aromatic carboxylic acids is 1. The Bertz CT molecular complexity index is 973. The van der Waals surface area contributed by atoms with E-state index in [2.05, 4.69) is 16.0 Å². The zero-order valence-electron chi connectivity index (χ0n) is 13.9. The molecule has 1 aliphatic rings. The second-order valence-corrected chi connectivity index (χ2v) is 6.18. The molecule has 1 N–H and O–H groups in total. The van der Waals surface area contributed by atoms with Gasteiger partial charge in [0.25, 0.3) is 0 Å². The standard InChI is InChI=1S/C20H16FN3O2/c21-16-7-5-14(6-8-16)18-22-11-17(20(25)26)19(23-18)24-10-9-13-3-1-2-4-15(13)12-24/h1-8,11H,9-10,12H2,(H,25,26). The van der Waals surface area contributed by atoms with Crippen LogP contribution in [0.1, 0.15) is 21.5 Å². The van der Waals surface area contributed by atoms with Gasteiger partial charge in [-0.05, 0) is 41.8 Å². The van der Waals surface area contributed by atoms with Gasteiger partial charge in [-0.2, -0.15) is 0 Å². The summed E-state index contributed by atoms with van der Waals surface area (Å²) in [7, 11) is 0. The van der Waals surface area contributed by atoms with Gasteiger partial charge in [0.2, 0.25) is 0 Å². The van der Waals surface area contributed by atoms with Gasteiger partial charge in [0.1, 0.15) is 17.2 Å². The van der Waals surface area contributed by atoms with E-state index in [-0.39, 0.29) is 11.4 Å². The summed E-state index contributed by atoms with van der Waals surface area (Å²) in [6, 6.07) is 14.0. The molecule has 4 rings (SSSR count). The molecule has 0 spiro atoms. The molecule has 0 aliphatic carbocycles. The van der Waals surface area contributed by atoms with E-state index < -0.39 is 5.97 Å². The number of carboxylic acid groups (broad SMARTS) is 1. The Hall–Kier alpha value is -3.28. The topological polar surface area (TPSA) is 66.3 Å². The predicted molar refractivity (Wildman–Crippen MR) is 95.6 cm³/mol. The lowest BCUT2D eigenvalue weighted by molar-refractivity contribution is 0.0696. The fourth-order valence-corrected chi connectivity index (χ4v) is 3.18. The van der Waals surface area contributed by atoms with Crippen molar-refractivity contribution >= 4 is 11.8 Å². The van der Waals surface area contributed by atoms with Crippen molar-refractivity contribution in [3.8, 4) is 11.4 Å². The first kappa shape index (κ1) is 16.2. The predicted octanol–water partition coefficient (Wildman–Crippen LogP) is 3.54. The van der Waals surface area contributed by atoms with Crippen molar-refractivity contribution in [2.24, 2.45) is 0 Å². The molecule has 2 aromatic carbocycles. The number of anilines is 1. The van der Waals surface area contributed by atoms with Crippen LogP contribution in [0.5, 0.6) is 0 Å². The van der Waals surface area contributed by atoms with Gasteiger partial charge in [-0.3, -0.25) is 0 Å². The Morgan fingerprint density at radius 1 is 1.08 bits per heavy atom. The minimum atomic E-state index is -1.07. The molecule has 1 aliphatic heterocycles. The highest BCUT2D eigenvalue weighted by Crippen LogP contribution is 2.27. The summed E-state index contributed by atoms with van der Waals surface area (Å²) in [4.78, 5) is 22.3. The second kappa shape index (κ2) is 6.55. The first-order valence-electron chi connectivity index (χ1n) is 8.30. The van der Waals surface area contributed by atoms with Crippen LogP contribution in [0.15, 0.2) is 54.7 Å².